The van der Waals surface area contributed by atoms with Crippen molar-refractivity contribution in [2.24, 2.45) is 0 Å². The second-order valence-corrected chi connectivity index (χ2v) is 6.57. The Hall–Kier alpha value is -2.33. The molecule has 4 heteroatoms. The first kappa shape index (κ1) is 14.3. The van der Waals surface area contributed by atoms with Crippen LogP contribution in [0.15, 0.2) is 59.6 Å². The van der Waals surface area contributed by atoms with E-state index in [4.69, 9.17) is 9.72 Å². The smallest absolute Gasteiger partial charge is 0.227 e. The van der Waals surface area contributed by atoms with Crippen LogP contribution in [-0.4, -0.2) is 15.7 Å². The van der Waals surface area contributed by atoms with Crippen LogP contribution in [-0.2, 0) is 6.42 Å². The molecule has 1 aliphatic heterocycles. The monoisotopic (exact) mass is 320 g/mol. The Balaban J connectivity index is 1.84. The van der Waals surface area contributed by atoms with E-state index in [-0.39, 0.29) is 0 Å². The van der Waals surface area contributed by atoms with Gasteiger partial charge < -0.3 is 4.74 Å². The lowest BCUT2D eigenvalue weighted by molar-refractivity contribution is 0.435. The zero-order chi connectivity index (χ0) is 15.6. The van der Waals surface area contributed by atoms with Crippen molar-refractivity contribution < 1.29 is 4.74 Å². The van der Waals surface area contributed by atoms with Gasteiger partial charge in [0, 0.05) is 12.0 Å². The summed E-state index contributed by atoms with van der Waals surface area (Å²) in [5, 5.41) is 1.02. The van der Waals surface area contributed by atoms with Crippen molar-refractivity contribution in [1.29, 1.82) is 0 Å². The van der Waals surface area contributed by atoms with Crippen LogP contribution < -0.4 is 4.74 Å². The van der Waals surface area contributed by atoms with Gasteiger partial charge in [-0.25, -0.2) is 4.98 Å². The molecule has 0 N–H and O–H groups in total. The number of thioether (sulfide) groups is 1. The number of hydrogen-bond acceptors (Lipinski definition) is 4. The maximum atomic E-state index is 6.06. The molecule has 0 bridgehead atoms. The van der Waals surface area contributed by atoms with Crippen molar-refractivity contribution in [2.45, 2.75) is 18.4 Å². The van der Waals surface area contributed by atoms with Crippen molar-refractivity contribution in [3.05, 3.63) is 65.7 Å². The third-order valence-corrected chi connectivity index (χ3v) is 4.69. The number of aromatic nitrogens is 2. The number of fused-ring (bicyclic) bond motifs is 2. The van der Waals surface area contributed by atoms with Gasteiger partial charge in [0.25, 0.3) is 0 Å². The third-order valence-electron chi connectivity index (χ3n) is 3.79. The summed E-state index contributed by atoms with van der Waals surface area (Å²) in [7, 11) is 0. The molecule has 0 saturated heterocycles. The van der Waals surface area contributed by atoms with Gasteiger partial charge in [0.1, 0.15) is 10.8 Å². The fraction of sp³-hybridized carbons (Fsp3) is 0.158. The second kappa shape index (κ2) is 6.05. The van der Waals surface area contributed by atoms with Gasteiger partial charge in [0.15, 0.2) is 5.82 Å². The van der Waals surface area contributed by atoms with Crippen molar-refractivity contribution in [1.82, 2.24) is 9.97 Å². The highest BCUT2D eigenvalue weighted by Gasteiger charge is 2.23. The molecule has 0 aliphatic carbocycles. The summed E-state index contributed by atoms with van der Waals surface area (Å²) in [4.78, 5) is 9.47. The molecule has 0 amide bonds. The van der Waals surface area contributed by atoms with Crippen LogP contribution in [0, 0.1) is 0 Å². The number of nitrogens with zero attached hydrogens (tertiary/aromatic N) is 2. The summed E-state index contributed by atoms with van der Waals surface area (Å²) >= 11 is 1.74. The molecule has 3 aromatic rings. The van der Waals surface area contributed by atoms with E-state index in [9.17, 15) is 0 Å². The normalized spacial score (nSPS) is 12.2. The zero-order valence-electron chi connectivity index (χ0n) is 12.8. The molecule has 0 fully saturated rings. The minimum atomic E-state index is 0.688. The molecule has 2 aromatic carbocycles. The lowest BCUT2D eigenvalue weighted by atomic mass is 10.0. The molecule has 0 saturated carbocycles. The molecular weight excluding hydrogens is 304 g/mol. The van der Waals surface area contributed by atoms with Gasteiger partial charge in [-0.2, -0.15) is 4.98 Å². The molecule has 0 radical (unpaired) electrons. The summed E-state index contributed by atoms with van der Waals surface area (Å²) in [6, 6.07) is 18.2. The molecule has 2 heterocycles. The summed E-state index contributed by atoms with van der Waals surface area (Å²) in [5.74, 6) is 3.28. The number of benzene rings is 2. The lowest BCUT2D eigenvalue weighted by Crippen LogP contribution is -2.09. The summed E-state index contributed by atoms with van der Waals surface area (Å²) < 4.78 is 6.06. The van der Waals surface area contributed by atoms with E-state index in [2.05, 4.69) is 18.0 Å². The predicted octanol–water partition coefficient (Wildman–Crippen LogP) is 4.95. The van der Waals surface area contributed by atoms with E-state index in [0.29, 0.717) is 5.88 Å². The Morgan fingerprint density at radius 2 is 1.78 bits per heavy atom. The highest BCUT2D eigenvalue weighted by molar-refractivity contribution is 7.99. The van der Waals surface area contributed by atoms with Gasteiger partial charge in [0.05, 0.1) is 5.56 Å². The minimum absolute atomic E-state index is 0.688. The van der Waals surface area contributed by atoms with E-state index in [1.807, 2.05) is 48.5 Å². The van der Waals surface area contributed by atoms with Gasteiger partial charge in [0.2, 0.25) is 5.88 Å². The molecular formula is C19H16N2OS. The quantitative estimate of drug-likeness (QED) is 0.395. The van der Waals surface area contributed by atoms with E-state index in [1.165, 1.54) is 5.56 Å². The average Bonchev–Trinajstić information content (AvgIpc) is 2.61. The molecule has 1 aliphatic rings. The molecule has 0 spiro atoms. The Kier molecular flexibility index (Phi) is 3.75. The van der Waals surface area contributed by atoms with Gasteiger partial charge in [-0.1, -0.05) is 55.5 Å². The first-order valence-corrected chi connectivity index (χ1v) is 8.68. The maximum Gasteiger partial charge on any atom is 0.227 e. The predicted molar refractivity (Wildman–Crippen MR) is 93.2 cm³/mol. The highest BCUT2D eigenvalue weighted by Crippen LogP contribution is 2.40. The van der Waals surface area contributed by atoms with Crippen LogP contribution in [0.1, 0.15) is 18.1 Å². The van der Waals surface area contributed by atoms with Crippen LogP contribution in [0.4, 0.5) is 0 Å². The van der Waals surface area contributed by atoms with Crippen molar-refractivity contribution in [2.75, 3.05) is 5.75 Å². The van der Waals surface area contributed by atoms with Crippen molar-refractivity contribution in [3.63, 3.8) is 0 Å². The van der Waals surface area contributed by atoms with E-state index in [1.54, 1.807) is 11.8 Å². The van der Waals surface area contributed by atoms with Crippen molar-refractivity contribution in [3.8, 4) is 23.0 Å². The Morgan fingerprint density at radius 1 is 1.00 bits per heavy atom. The summed E-state index contributed by atoms with van der Waals surface area (Å²) in [6.07, 6.45) is 0.822. The van der Waals surface area contributed by atoms with Gasteiger partial charge >= 0.3 is 0 Å². The molecule has 3 nitrogen and oxygen atoms in total. The number of ether oxygens (including phenoxy) is 1. The standard InChI is InChI=1S/C19H16N2OS/c1-2-23-19-15-12-14-10-6-7-11-16(14)22-18(15)20-17(21-19)13-8-4-3-5-9-13/h3-11H,2,12H2,1H3. The highest BCUT2D eigenvalue weighted by atomic mass is 32.2. The van der Waals surface area contributed by atoms with Crippen LogP contribution in [0.5, 0.6) is 11.6 Å². The molecule has 114 valence electrons. The van der Waals surface area contributed by atoms with E-state index >= 15 is 0 Å². The second-order valence-electron chi connectivity index (χ2n) is 5.32. The van der Waals surface area contributed by atoms with E-state index < -0.39 is 0 Å². The maximum absolute atomic E-state index is 6.06. The van der Waals surface area contributed by atoms with Gasteiger partial charge in [-0.3, -0.25) is 0 Å². The summed E-state index contributed by atoms with van der Waals surface area (Å²) in [6.45, 7) is 2.14. The molecule has 23 heavy (non-hydrogen) atoms. The molecule has 1 aromatic heterocycles. The number of para-hydroxylation sites is 1. The molecule has 4 rings (SSSR count). The van der Waals surface area contributed by atoms with Gasteiger partial charge in [-0.05, 0) is 17.4 Å². The molecule has 0 atom stereocenters. The van der Waals surface area contributed by atoms with Crippen LogP contribution in [0.3, 0.4) is 0 Å². The van der Waals surface area contributed by atoms with E-state index in [0.717, 1.165) is 39.9 Å². The topological polar surface area (TPSA) is 35.0 Å². The van der Waals surface area contributed by atoms with Crippen LogP contribution in [0.25, 0.3) is 11.4 Å². The average molecular weight is 320 g/mol. The zero-order valence-corrected chi connectivity index (χ0v) is 13.6. The molecule has 0 unspecified atom stereocenters. The Bertz CT molecular complexity index is 849. The number of hydrogen-bond donors (Lipinski definition) is 0. The first-order chi connectivity index (χ1) is 11.3. The van der Waals surface area contributed by atoms with Gasteiger partial charge in [-0.15, -0.1) is 11.8 Å². The Labute approximate surface area is 139 Å². The third kappa shape index (κ3) is 2.70. The van der Waals surface area contributed by atoms with Crippen molar-refractivity contribution >= 4 is 11.8 Å². The number of rotatable bonds is 3. The Morgan fingerprint density at radius 3 is 2.61 bits per heavy atom. The SMILES string of the molecule is CCSc1nc(-c2ccccc2)nc2c1Cc1ccccc1O2. The first-order valence-electron chi connectivity index (χ1n) is 7.70. The fourth-order valence-electron chi connectivity index (χ4n) is 2.70. The summed E-state index contributed by atoms with van der Waals surface area (Å²) in [5.41, 5.74) is 3.29. The lowest BCUT2D eigenvalue weighted by Gasteiger charge is -2.21. The fourth-order valence-corrected chi connectivity index (χ4v) is 3.45. The van der Waals surface area contributed by atoms with Crippen LogP contribution in [0.2, 0.25) is 0 Å². The largest absolute Gasteiger partial charge is 0.438 e. The van der Waals surface area contributed by atoms with Crippen LogP contribution >= 0.6 is 11.8 Å². The minimum Gasteiger partial charge on any atom is -0.438 e.